The Kier molecular flexibility index (Phi) is 16.6. The van der Waals surface area contributed by atoms with Crippen molar-refractivity contribution in [3.05, 3.63) is 75.0 Å². The SMILES string of the molecule is COC(=O)C[C@H](CN1CC[C@@H](CCc2ccc3c(n2)NCCC3)C1)c1cc(N2CCN(C(=O)CCCC(=O)NCCCCCCN=[N+]=[N-])CC2)cc(-n2nc(C)cc2C)c1. The van der Waals surface area contributed by atoms with Gasteiger partial charge in [0.2, 0.25) is 11.8 Å². The third kappa shape index (κ3) is 12.9. The second-order valence-electron chi connectivity index (χ2n) is 16.8. The zero-order valence-corrected chi connectivity index (χ0v) is 36.0. The second kappa shape index (κ2) is 22.5. The van der Waals surface area contributed by atoms with Crippen molar-refractivity contribution in [1.29, 1.82) is 0 Å². The maximum Gasteiger partial charge on any atom is 0.306 e. The van der Waals surface area contributed by atoms with Gasteiger partial charge < -0.3 is 30.1 Å². The van der Waals surface area contributed by atoms with E-state index in [-0.39, 0.29) is 30.1 Å². The number of carbonyl (C=O) groups excluding carboxylic acids is 3. The number of carbonyl (C=O) groups is 3. The van der Waals surface area contributed by atoms with Gasteiger partial charge in [0.15, 0.2) is 0 Å². The number of amides is 2. The van der Waals surface area contributed by atoms with Crippen LogP contribution in [0, 0.1) is 19.8 Å². The number of fused-ring (bicyclic) bond motifs is 1. The molecule has 60 heavy (non-hydrogen) atoms. The standard InChI is InChI=1S/C45H65N11O4/c1-33-26-34(2)56(51-33)41-28-37(38(29-44(59)60-3)32-53-21-17-35(31-53)13-15-39-16-14-36-10-9-19-48-45(36)50-39)27-40(30-41)54-22-24-55(25-23-54)43(58)12-8-11-42(57)47-18-6-4-5-7-20-49-52-46/h14,16,26-28,30,35,38H,4-13,15,17-25,29,31-32H2,1-3H3,(H,47,57)(H,48,50)/t35-,38-/m1/s1. The van der Waals surface area contributed by atoms with Crippen LogP contribution in [0.5, 0.6) is 0 Å². The number of hydrogen-bond acceptors (Lipinski definition) is 10. The van der Waals surface area contributed by atoms with E-state index in [1.54, 1.807) is 0 Å². The Bertz CT molecular complexity index is 1950. The van der Waals surface area contributed by atoms with Crippen molar-refractivity contribution in [2.75, 3.05) is 82.8 Å². The lowest BCUT2D eigenvalue weighted by Crippen LogP contribution is -2.48. The Morgan fingerprint density at radius 2 is 1.82 bits per heavy atom. The lowest BCUT2D eigenvalue weighted by Gasteiger charge is -2.37. The zero-order chi connectivity index (χ0) is 42.3. The fraction of sp³-hybridized carbons (Fsp3) is 0.622. The van der Waals surface area contributed by atoms with Crippen LogP contribution in [-0.4, -0.2) is 115 Å². The van der Waals surface area contributed by atoms with Crippen LogP contribution < -0.4 is 15.5 Å². The molecule has 1 aromatic carbocycles. The lowest BCUT2D eigenvalue weighted by atomic mass is 9.93. The van der Waals surface area contributed by atoms with E-state index in [4.69, 9.17) is 20.4 Å². The molecule has 324 valence electrons. The van der Waals surface area contributed by atoms with Gasteiger partial charge in [-0.3, -0.25) is 14.4 Å². The van der Waals surface area contributed by atoms with Crippen LogP contribution >= 0.6 is 0 Å². The van der Waals surface area contributed by atoms with Gasteiger partial charge in [0.1, 0.15) is 5.82 Å². The van der Waals surface area contributed by atoms with Crippen LogP contribution in [0.4, 0.5) is 11.5 Å². The van der Waals surface area contributed by atoms with E-state index in [0.29, 0.717) is 64.4 Å². The molecule has 0 bridgehead atoms. The molecule has 3 aliphatic heterocycles. The van der Waals surface area contributed by atoms with E-state index in [0.717, 1.165) is 124 Å². The van der Waals surface area contributed by atoms with E-state index >= 15 is 0 Å². The minimum atomic E-state index is -0.221. The molecular formula is C45H65N11O4. The smallest absolute Gasteiger partial charge is 0.306 e. The molecule has 2 N–H and O–H groups in total. The minimum absolute atomic E-state index is 0.0219. The van der Waals surface area contributed by atoms with Gasteiger partial charge in [0.05, 0.1) is 24.9 Å². The molecule has 6 rings (SSSR count). The number of pyridine rings is 1. The molecule has 2 amide bonds. The fourth-order valence-electron chi connectivity index (χ4n) is 8.90. The summed E-state index contributed by atoms with van der Waals surface area (Å²) in [5, 5.41) is 14.8. The molecule has 2 saturated heterocycles. The van der Waals surface area contributed by atoms with Crippen molar-refractivity contribution in [3.8, 4) is 5.69 Å². The van der Waals surface area contributed by atoms with Gasteiger partial charge in [0, 0.05) is 99.6 Å². The van der Waals surface area contributed by atoms with Crippen LogP contribution in [0.3, 0.4) is 0 Å². The average Bonchev–Trinajstić information content (AvgIpc) is 3.87. The highest BCUT2D eigenvalue weighted by Gasteiger charge is 2.29. The second-order valence-corrected chi connectivity index (χ2v) is 16.8. The fourth-order valence-corrected chi connectivity index (χ4v) is 8.90. The predicted octanol–water partition coefficient (Wildman–Crippen LogP) is 6.65. The van der Waals surface area contributed by atoms with Gasteiger partial charge in [-0.25, -0.2) is 9.67 Å². The first-order valence-corrected chi connectivity index (χ1v) is 22.2. The number of aromatic nitrogens is 3. The summed E-state index contributed by atoms with van der Waals surface area (Å²) < 4.78 is 7.23. The number of rotatable bonds is 21. The van der Waals surface area contributed by atoms with Gasteiger partial charge in [-0.1, -0.05) is 24.0 Å². The van der Waals surface area contributed by atoms with E-state index in [2.05, 4.69) is 73.8 Å². The number of unbranched alkanes of at least 4 members (excludes halogenated alkanes) is 3. The average molecular weight is 824 g/mol. The number of piperazine rings is 1. The number of azide groups is 1. The number of likely N-dealkylation sites (tertiary alicyclic amines) is 1. The van der Waals surface area contributed by atoms with Gasteiger partial charge in [-0.2, -0.15) is 5.10 Å². The molecular weight excluding hydrogens is 759 g/mol. The van der Waals surface area contributed by atoms with Crippen LogP contribution in [0.15, 0.2) is 41.5 Å². The largest absolute Gasteiger partial charge is 0.469 e. The summed E-state index contributed by atoms with van der Waals surface area (Å²) >= 11 is 0. The first-order chi connectivity index (χ1) is 29.2. The minimum Gasteiger partial charge on any atom is -0.469 e. The van der Waals surface area contributed by atoms with E-state index < -0.39 is 0 Å². The molecule has 5 heterocycles. The van der Waals surface area contributed by atoms with Crippen LogP contribution in [0.25, 0.3) is 16.1 Å². The molecule has 0 radical (unpaired) electrons. The molecule has 3 aromatic rings. The summed E-state index contributed by atoms with van der Waals surface area (Å²) in [4.78, 5) is 53.0. The molecule has 3 aliphatic rings. The summed E-state index contributed by atoms with van der Waals surface area (Å²) in [5.41, 5.74) is 15.9. The number of benzene rings is 1. The number of hydrogen-bond donors (Lipinski definition) is 2. The monoisotopic (exact) mass is 824 g/mol. The third-order valence-electron chi connectivity index (χ3n) is 12.3. The van der Waals surface area contributed by atoms with E-state index in [1.165, 1.54) is 12.7 Å². The first-order valence-electron chi connectivity index (χ1n) is 22.2. The lowest BCUT2D eigenvalue weighted by molar-refractivity contribution is -0.141. The summed E-state index contributed by atoms with van der Waals surface area (Å²) in [6.07, 6.45) is 10.6. The third-order valence-corrected chi connectivity index (χ3v) is 12.3. The van der Waals surface area contributed by atoms with Gasteiger partial charge in [0.25, 0.3) is 0 Å². The Balaban J connectivity index is 1.05. The molecule has 2 aromatic heterocycles. The van der Waals surface area contributed by atoms with E-state index in [9.17, 15) is 14.4 Å². The molecule has 15 nitrogen and oxygen atoms in total. The molecule has 0 unspecified atom stereocenters. The molecule has 15 heteroatoms. The van der Waals surface area contributed by atoms with Crippen LogP contribution in [-0.2, 0) is 32.0 Å². The van der Waals surface area contributed by atoms with Crippen molar-refractivity contribution < 1.29 is 19.1 Å². The Morgan fingerprint density at radius 3 is 2.60 bits per heavy atom. The quantitative estimate of drug-likeness (QED) is 0.0392. The normalized spacial score (nSPS) is 17.1. The highest BCUT2D eigenvalue weighted by atomic mass is 16.5. The number of anilines is 2. The maximum absolute atomic E-state index is 13.2. The van der Waals surface area contributed by atoms with Crippen LogP contribution in [0.2, 0.25) is 0 Å². The molecule has 0 spiro atoms. The first kappa shape index (κ1) is 44.4. The molecule has 2 atom stereocenters. The number of esters is 1. The summed E-state index contributed by atoms with van der Waals surface area (Å²) in [7, 11) is 1.46. The van der Waals surface area contributed by atoms with Crippen LogP contribution in [0.1, 0.15) is 105 Å². The molecule has 2 fully saturated rings. The number of nitrogens with zero attached hydrogens (tertiary/aromatic N) is 9. The zero-order valence-electron chi connectivity index (χ0n) is 36.0. The topological polar surface area (TPSA) is 174 Å². The Hall–Kier alpha value is -5.14. The van der Waals surface area contributed by atoms with Crippen molar-refractivity contribution in [3.63, 3.8) is 0 Å². The van der Waals surface area contributed by atoms with Crippen molar-refractivity contribution in [2.45, 2.75) is 103 Å². The maximum atomic E-state index is 13.2. The van der Waals surface area contributed by atoms with Crippen molar-refractivity contribution in [2.24, 2.45) is 11.0 Å². The predicted molar refractivity (Wildman–Crippen MR) is 234 cm³/mol. The van der Waals surface area contributed by atoms with Crippen molar-refractivity contribution >= 4 is 29.3 Å². The van der Waals surface area contributed by atoms with Gasteiger partial charge in [-0.05, 0) is 125 Å². The molecule has 0 saturated carbocycles. The Labute approximate surface area is 355 Å². The van der Waals surface area contributed by atoms with Crippen molar-refractivity contribution in [1.82, 2.24) is 29.9 Å². The van der Waals surface area contributed by atoms with E-state index in [1.807, 2.05) is 16.5 Å². The van der Waals surface area contributed by atoms with Gasteiger partial charge in [-0.15, -0.1) is 0 Å². The number of aryl methyl sites for hydroxylation is 4. The highest BCUT2D eigenvalue weighted by molar-refractivity contribution is 5.79. The summed E-state index contributed by atoms with van der Waals surface area (Å²) in [6.45, 7) is 11.5. The molecule has 0 aliphatic carbocycles. The number of methoxy groups -OCH3 is 1. The summed E-state index contributed by atoms with van der Waals surface area (Å²) in [5.74, 6) is 1.40. The number of ether oxygens (including phenoxy) is 1. The Morgan fingerprint density at radius 1 is 1.00 bits per heavy atom. The summed E-state index contributed by atoms with van der Waals surface area (Å²) in [6, 6.07) is 13.1. The number of nitrogens with one attached hydrogen (secondary N) is 2. The van der Waals surface area contributed by atoms with Gasteiger partial charge >= 0.3 is 5.97 Å². The highest BCUT2D eigenvalue weighted by Crippen LogP contribution is 2.33.